The number of carbonyl (C=O) groups is 1. The van der Waals surface area contributed by atoms with Crippen molar-refractivity contribution in [3.8, 4) is 34.2 Å². The van der Waals surface area contributed by atoms with Gasteiger partial charge in [0.25, 0.3) is 0 Å². The molecule has 0 unspecified atom stereocenters. The van der Waals surface area contributed by atoms with Gasteiger partial charge in [0.1, 0.15) is 28.5 Å². The number of aromatic amines is 3. The average molecular weight is 1250 g/mol. The van der Waals surface area contributed by atoms with Crippen LogP contribution in [0.3, 0.4) is 0 Å². The molecule has 91 heavy (non-hydrogen) atoms. The Hall–Kier alpha value is -9.07. The minimum absolute atomic E-state index is 0.0804. The number of pyridine rings is 4. The number of carboxylic acids is 1. The molecule has 0 atom stereocenters. The molecule has 13 rings (SSSR count). The zero-order valence-corrected chi connectivity index (χ0v) is 55.4. The highest BCUT2D eigenvalue weighted by molar-refractivity contribution is 6.33. The van der Waals surface area contributed by atoms with Crippen molar-refractivity contribution in [1.82, 2.24) is 65.8 Å². The fourth-order valence-electron chi connectivity index (χ4n) is 9.72. The van der Waals surface area contributed by atoms with Crippen LogP contribution < -0.4 is 32.3 Å². The predicted octanol–water partition coefficient (Wildman–Crippen LogP) is 13.9. The zero-order chi connectivity index (χ0) is 65.5. The van der Waals surface area contributed by atoms with E-state index in [2.05, 4.69) is 222 Å². The van der Waals surface area contributed by atoms with Gasteiger partial charge in [-0.25, -0.2) is 29.7 Å². The maximum absolute atomic E-state index is 10.6. The van der Waals surface area contributed by atoms with E-state index in [1.807, 2.05) is 36.5 Å². The van der Waals surface area contributed by atoms with Crippen LogP contribution in [0.1, 0.15) is 116 Å². The molecule has 2 aliphatic rings. The molecule has 9 heterocycles. The number of halogens is 1. The number of hydrogen-bond donors (Lipinski definition) is 9. The van der Waals surface area contributed by atoms with Crippen molar-refractivity contribution in [3.63, 3.8) is 0 Å². The van der Waals surface area contributed by atoms with Crippen LogP contribution in [0.2, 0.25) is 5.15 Å². The third kappa shape index (κ3) is 19.0. The topological polar surface area (TPSA) is 266 Å². The van der Waals surface area contributed by atoms with Crippen LogP contribution in [-0.2, 0) is 21.7 Å². The van der Waals surface area contributed by atoms with Crippen molar-refractivity contribution in [2.45, 2.75) is 105 Å². The van der Waals surface area contributed by atoms with Crippen molar-refractivity contribution in [3.05, 3.63) is 191 Å². The fraction of sp³-hybridized carbons (Fsp3) is 0.333. The summed E-state index contributed by atoms with van der Waals surface area (Å²) in [5, 5.41) is 18.9. The quantitative estimate of drug-likeness (QED) is 0.0726. The van der Waals surface area contributed by atoms with Gasteiger partial charge in [-0.05, 0) is 80.3 Å². The van der Waals surface area contributed by atoms with Crippen molar-refractivity contribution in [2.24, 2.45) is 0 Å². The van der Waals surface area contributed by atoms with E-state index < -0.39 is 5.97 Å². The number of carboxylic acid groups (broad SMARTS) is 1. The molecule has 11 aromatic rings. The van der Waals surface area contributed by atoms with Crippen LogP contribution in [0.25, 0.3) is 67.3 Å². The minimum Gasteiger partial charge on any atom is -0.478 e. The number of fused-ring (bicyclic) bond motifs is 3. The number of imidazole rings is 3. The van der Waals surface area contributed by atoms with Gasteiger partial charge >= 0.3 is 5.97 Å². The van der Waals surface area contributed by atoms with Crippen LogP contribution in [0.15, 0.2) is 159 Å². The number of anilines is 3. The van der Waals surface area contributed by atoms with Gasteiger partial charge in [-0.1, -0.05) is 180 Å². The summed E-state index contributed by atoms with van der Waals surface area (Å²) in [7, 11) is 0. The first-order valence-electron chi connectivity index (χ1n) is 30.9. The van der Waals surface area contributed by atoms with Crippen LogP contribution in [-0.4, -0.2) is 113 Å². The summed E-state index contributed by atoms with van der Waals surface area (Å²) in [6, 6.07) is 40.2. The van der Waals surface area contributed by atoms with Gasteiger partial charge in [-0.3, -0.25) is 9.97 Å². The number of benzene rings is 4. The number of hydrogen-bond acceptors (Lipinski definition) is 14. The monoisotopic (exact) mass is 1240 g/mol. The third-order valence-electron chi connectivity index (χ3n) is 15.4. The number of nitrogens with zero attached hydrogens (tertiary/aromatic N) is 8. The van der Waals surface area contributed by atoms with E-state index in [9.17, 15) is 4.79 Å². The van der Waals surface area contributed by atoms with E-state index in [4.69, 9.17) is 33.2 Å². The number of aromatic nitrogens is 10. The maximum atomic E-state index is 10.6. The molecule has 0 aliphatic carbocycles. The van der Waals surface area contributed by atoms with Gasteiger partial charge < -0.3 is 52.4 Å². The lowest BCUT2D eigenvalue weighted by atomic mass is 9.87. The van der Waals surface area contributed by atoms with Crippen LogP contribution in [0, 0.1) is 0 Å². The Morgan fingerprint density at radius 2 is 0.846 bits per heavy atom. The van der Waals surface area contributed by atoms with Crippen LogP contribution >= 0.6 is 11.6 Å². The third-order valence-corrected chi connectivity index (χ3v) is 15.6. The predicted molar refractivity (Wildman–Crippen MR) is 375 cm³/mol. The second kappa shape index (κ2) is 30.2. The highest BCUT2D eigenvalue weighted by atomic mass is 35.5. The largest absolute Gasteiger partial charge is 0.478 e. The van der Waals surface area contributed by atoms with Gasteiger partial charge in [0.2, 0.25) is 0 Å². The summed E-state index contributed by atoms with van der Waals surface area (Å²) in [5.74, 6) is 2.71. The molecule has 19 heteroatoms. The number of H-pyrrole nitrogens is 3. The molecule has 2 saturated heterocycles. The zero-order valence-electron chi connectivity index (χ0n) is 54.6. The Bertz CT molecular complexity index is 4020. The molecule has 2 aliphatic heterocycles. The van der Waals surface area contributed by atoms with E-state index in [0.29, 0.717) is 27.6 Å². The first-order chi connectivity index (χ1) is 43.2. The van der Waals surface area contributed by atoms with E-state index in [1.165, 1.54) is 22.9 Å². The molecule has 476 valence electrons. The molecule has 0 spiro atoms. The van der Waals surface area contributed by atoms with Crippen molar-refractivity contribution in [2.75, 3.05) is 68.7 Å². The summed E-state index contributed by atoms with van der Waals surface area (Å²) in [5.41, 5.74) is 26.6. The molecule has 0 amide bonds. The van der Waals surface area contributed by atoms with Gasteiger partial charge in [0.05, 0.1) is 51.4 Å². The Kier molecular flexibility index (Phi) is 22.5. The second-order valence-electron chi connectivity index (χ2n) is 26.5. The van der Waals surface area contributed by atoms with Crippen molar-refractivity contribution in [1.29, 1.82) is 0 Å². The van der Waals surface area contributed by atoms with Gasteiger partial charge in [-0.2, -0.15) is 0 Å². The Balaban J connectivity index is 0.000000148. The first kappa shape index (κ1) is 67.9. The first-order valence-corrected chi connectivity index (χ1v) is 31.2. The molecule has 0 saturated carbocycles. The number of nitrogens with two attached hydrogens (primary N) is 2. The van der Waals surface area contributed by atoms with Gasteiger partial charge in [0.15, 0.2) is 11.0 Å². The molecule has 2 fully saturated rings. The molecule has 0 radical (unpaired) electrons. The molecule has 7 aromatic heterocycles. The highest BCUT2D eigenvalue weighted by Crippen LogP contribution is 2.32. The van der Waals surface area contributed by atoms with Crippen LogP contribution in [0.5, 0.6) is 0 Å². The number of nitrogens with one attached hydrogen (secondary N) is 6. The number of aromatic carboxylic acids is 1. The highest BCUT2D eigenvalue weighted by Gasteiger charge is 2.20. The summed E-state index contributed by atoms with van der Waals surface area (Å²) in [4.78, 5) is 53.4. The molecular weight excluding hydrogens is 1160 g/mol. The van der Waals surface area contributed by atoms with E-state index in [1.54, 1.807) is 43.0 Å². The summed E-state index contributed by atoms with van der Waals surface area (Å²) in [6.07, 6.45) is 10.2. The smallest absolute Gasteiger partial charge is 0.335 e. The molecule has 0 bridgehead atoms. The average Bonchev–Trinajstić information content (AvgIpc) is 1.71. The van der Waals surface area contributed by atoms with Gasteiger partial charge in [0, 0.05) is 93.8 Å². The lowest BCUT2D eigenvalue weighted by Gasteiger charge is -2.28. The fourth-order valence-corrected chi connectivity index (χ4v) is 9.92. The Morgan fingerprint density at radius 1 is 0.451 bits per heavy atom. The summed E-state index contributed by atoms with van der Waals surface area (Å²) < 4.78 is 0. The minimum atomic E-state index is -0.875. The molecule has 4 aromatic carbocycles. The normalized spacial score (nSPS) is 13.4. The number of piperazine rings is 2. The van der Waals surface area contributed by atoms with Crippen molar-refractivity contribution >= 4 is 67.9 Å². The van der Waals surface area contributed by atoms with Crippen molar-refractivity contribution < 1.29 is 9.90 Å². The SMILES string of the molecule is C1CNCCN1.CC(C)(C)c1ccc(-c2nc3c(Cl)nccc3[nH]2)cc1.CC(C)(C)c1ccc(-c2nc3c(N4CCNCC4)nccc3[nH]2)cc1.CC(C)(C)c1ccc(-c2nc3ccncc3[nH]2)cc1.CC(C)(C)c1ccc(C(=O)O)cc1.Nc1ccncc1N. The standard InChI is InChI=1S/C20H25N5.C16H16ClN3.C16H17N3.C11H14O2.C5H7N3.C4H10N2/c1-20(2,3)15-6-4-14(5-7-15)18-23-16-8-9-22-19(17(16)24-18)25-12-10-21-11-13-25;1-16(2,3)11-6-4-10(5-7-11)15-19-12-8-9-18-14(17)13(12)20-15;1-16(2,3)12-6-4-11(5-7-12)15-18-13-8-9-17-10-14(13)19-15;1-11(2,3)9-6-4-8(5-7-9)10(12)13;6-4-1-2-8-3-5(4)7;1-2-6-4-3-5-1/h4-9,21H,10-13H2,1-3H3,(H,23,24);4-9H,1-3H3,(H,19,20);4-10H,1-3H3,(H,18,19);4-7H,1-3H3,(H,12,13);1-3H,7H2,(H2,6,8);5-6H,1-4H2. The Morgan fingerprint density at radius 3 is 1.25 bits per heavy atom. The van der Waals surface area contributed by atoms with E-state index in [0.717, 1.165) is 125 Å². The number of rotatable bonds is 5. The second-order valence-corrected chi connectivity index (χ2v) is 26.9. The summed E-state index contributed by atoms with van der Waals surface area (Å²) >= 11 is 6.05. The van der Waals surface area contributed by atoms with Crippen LogP contribution in [0.4, 0.5) is 17.2 Å². The van der Waals surface area contributed by atoms with E-state index >= 15 is 0 Å². The molecule has 18 nitrogen and oxygen atoms in total. The summed E-state index contributed by atoms with van der Waals surface area (Å²) in [6.45, 7) is 34.7. The maximum Gasteiger partial charge on any atom is 0.335 e. The van der Waals surface area contributed by atoms with Gasteiger partial charge in [-0.15, -0.1) is 0 Å². The molecule has 11 N–H and O–H groups in total. The Labute approximate surface area is 540 Å². The van der Waals surface area contributed by atoms with E-state index in [-0.39, 0.29) is 21.7 Å². The lowest BCUT2D eigenvalue weighted by Crippen LogP contribution is -2.44. The molecular formula is C72H89ClN16O2. The number of nitrogen functional groups attached to an aromatic ring is 2. The lowest BCUT2D eigenvalue weighted by molar-refractivity contribution is 0.0696.